The molecule has 18 heavy (non-hydrogen) atoms. The Hall–Kier alpha value is -1.79. The van der Waals surface area contributed by atoms with Gasteiger partial charge in [0.2, 0.25) is 0 Å². The van der Waals surface area contributed by atoms with Crippen molar-refractivity contribution >= 4 is 16.8 Å². The second kappa shape index (κ2) is 5.24. The van der Waals surface area contributed by atoms with E-state index in [9.17, 15) is 9.90 Å². The van der Waals surface area contributed by atoms with Crippen molar-refractivity contribution in [3.05, 3.63) is 28.7 Å². The average Bonchev–Trinajstić information content (AvgIpc) is 2.74. The Kier molecular flexibility index (Phi) is 3.69. The molecule has 0 aliphatic rings. The fourth-order valence-electron chi connectivity index (χ4n) is 1.92. The van der Waals surface area contributed by atoms with E-state index in [1.807, 2.05) is 18.0 Å². The summed E-state index contributed by atoms with van der Waals surface area (Å²) in [6, 6.07) is 5.14. The largest absolute Gasteiger partial charge is 0.417 e. The summed E-state index contributed by atoms with van der Waals surface area (Å²) >= 11 is 0. The molecular formula is C12H16N2O4. The molecule has 3 N–H and O–H groups in total. The lowest BCUT2D eigenvalue weighted by atomic mass is 10.1. The summed E-state index contributed by atoms with van der Waals surface area (Å²) in [6.45, 7) is -0.0385. The highest BCUT2D eigenvalue weighted by molar-refractivity contribution is 5.77. The lowest BCUT2D eigenvalue weighted by Crippen LogP contribution is -2.35. The zero-order chi connectivity index (χ0) is 13.1. The van der Waals surface area contributed by atoms with Crippen LogP contribution >= 0.6 is 0 Å². The predicted octanol–water partition coefficient (Wildman–Crippen LogP) is 0.301. The molecule has 98 valence electrons. The molecule has 0 aliphatic heterocycles. The molecule has 0 aliphatic carbocycles. The van der Waals surface area contributed by atoms with Crippen molar-refractivity contribution in [3.8, 4) is 0 Å². The zero-order valence-corrected chi connectivity index (χ0v) is 10.1. The maximum atomic E-state index is 11.1. The number of aliphatic hydroxyl groups is 2. The quantitative estimate of drug-likeness (QED) is 0.712. The van der Waals surface area contributed by atoms with Crippen LogP contribution in [0.3, 0.4) is 0 Å². The van der Waals surface area contributed by atoms with Crippen molar-refractivity contribution in [2.75, 3.05) is 25.2 Å². The fraction of sp³-hybridized carbons (Fsp3) is 0.417. The van der Waals surface area contributed by atoms with Crippen LogP contribution in [0.4, 0.5) is 5.69 Å². The molecule has 1 aromatic heterocycles. The number of hydrogen-bond acceptors (Lipinski definition) is 5. The maximum absolute atomic E-state index is 11.1. The van der Waals surface area contributed by atoms with Gasteiger partial charge in [0.25, 0.3) is 0 Å². The van der Waals surface area contributed by atoms with Gasteiger partial charge in [-0.3, -0.25) is 4.98 Å². The summed E-state index contributed by atoms with van der Waals surface area (Å²) in [5, 5.41) is 18.2. The number of oxazole rings is 1. The van der Waals surface area contributed by atoms with Gasteiger partial charge < -0.3 is 19.5 Å². The molecule has 6 nitrogen and oxygen atoms in total. The molecule has 0 fully saturated rings. The van der Waals surface area contributed by atoms with Crippen molar-refractivity contribution in [3.63, 3.8) is 0 Å². The van der Waals surface area contributed by atoms with Gasteiger partial charge >= 0.3 is 5.76 Å². The molecule has 1 unspecified atom stereocenters. The number of rotatable bonds is 5. The third kappa shape index (κ3) is 2.39. The molecule has 2 aromatic rings. The first-order valence-corrected chi connectivity index (χ1v) is 5.73. The number of aromatic amines is 1. The van der Waals surface area contributed by atoms with E-state index in [0.717, 1.165) is 5.69 Å². The highest BCUT2D eigenvalue weighted by Crippen LogP contribution is 2.21. The standard InChI is InChI=1S/C12H16N2O4/c1-14(9(7-16)4-5-15)8-2-3-10-11(6-8)18-12(17)13-10/h2-3,6,9,15-16H,4-5,7H2,1H3,(H,13,17). The van der Waals surface area contributed by atoms with Gasteiger partial charge in [0.1, 0.15) is 0 Å². The number of H-pyrrole nitrogens is 1. The minimum atomic E-state index is -0.487. The number of hydrogen-bond donors (Lipinski definition) is 3. The Labute approximate surface area is 103 Å². The van der Waals surface area contributed by atoms with Gasteiger partial charge in [-0.2, -0.15) is 0 Å². The first kappa shape index (κ1) is 12.7. The van der Waals surface area contributed by atoms with Gasteiger partial charge in [0.05, 0.1) is 18.2 Å². The summed E-state index contributed by atoms with van der Waals surface area (Å²) in [5.41, 5.74) is 1.93. The molecule has 6 heteroatoms. The number of aromatic nitrogens is 1. The number of nitrogens with zero attached hydrogens (tertiary/aromatic N) is 1. The monoisotopic (exact) mass is 252 g/mol. The van der Waals surface area contributed by atoms with E-state index in [-0.39, 0.29) is 19.3 Å². The van der Waals surface area contributed by atoms with Crippen LogP contribution in [-0.4, -0.2) is 41.5 Å². The molecule has 0 saturated carbocycles. The molecule has 0 saturated heterocycles. The third-order valence-electron chi connectivity index (χ3n) is 3.03. The number of fused-ring (bicyclic) bond motifs is 1. The number of nitrogens with one attached hydrogen (secondary N) is 1. The second-order valence-electron chi connectivity index (χ2n) is 4.15. The lowest BCUT2D eigenvalue weighted by Gasteiger charge is -2.28. The van der Waals surface area contributed by atoms with Crippen molar-refractivity contribution in [1.82, 2.24) is 4.98 Å². The number of aliphatic hydroxyl groups excluding tert-OH is 2. The van der Waals surface area contributed by atoms with Crippen LogP contribution < -0.4 is 10.7 Å². The highest BCUT2D eigenvalue weighted by Gasteiger charge is 2.14. The zero-order valence-electron chi connectivity index (χ0n) is 10.1. The van der Waals surface area contributed by atoms with Gasteiger partial charge in [0.15, 0.2) is 5.58 Å². The van der Waals surface area contributed by atoms with Gasteiger partial charge in [-0.15, -0.1) is 0 Å². The minimum absolute atomic E-state index is 0.0110. The van der Waals surface area contributed by atoms with E-state index in [4.69, 9.17) is 9.52 Å². The molecule has 2 rings (SSSR count). The smallest absolute Gasteiger partial charge is 0.408 e. The molecule has 1 heterocycles. The Morgan fingerprint density at radius 2 is 2.22 bits per heavy atom. The molecule has 0 radical (unpaired) electrons. The second-order valence-corrected chi connectivity index (χ2v) is 4.15. The SMILES string of the molecule is CN(c1ccc2[nH]c(=O)oc2c1)C(CO)CCO. The average molecular weight is 252 g/mol. The van der Waals surface area contributed by atoms with Crippen molar-refractivity contribution in [1.29, 1.82) is 0 Å². The topological polar surface area (TPSA) is 89.7 Å². The summed E-state index contributed by atoms with van der Waals surface area (Å²) < 4.78 is 4.98. The molecule has 1 atom stereocenters. The van der Waals surface area contributed by atoms with Crippen molar-refractivity contribution < 1.29 is 14.6 Å². The van der Waals surface area contributed by atoms with E-state index in [0.29, 0.717) is 17.5 Å². The molecular weight excluding hydrogens is 236 g/mol. The fourth-order valence-corrected chi connectivity index (χ4v) is 1.92. The van der Waals surface area contributed by atoms with Crippen LogP contribution in [0.5, 0.6) is 0 Å². The predicted molar refractivity (Wildman–Crippen MR) is 67.8 cm³/mol. The number of anilines is 1. The number of likely N-dealkylation sites (N-methyl/N-ethyl adjacent to an activating group) is 1. The lowest BCUT2D eigenvalue weighted by molar-refractivity contribution is 0.218. The van der Waals surface area contributed by atoms with Crippen molar-refractivity contribution in [2.24, 2.45) is 0 Å². The summed E-state index contributed by atoms with van der Waals surface area (Å²) in [7, 11) is 1.82. The van der Waals surface area contributed by atoms with E-state index in [2.05, 4.69) is 4.98 Å². The van der Waals surface area contributed by atoms with Crippen LogP contribution in [0.25, 0.3) is 11.1 Å². The van der Waals surface area contributed by atoms with Crippen LogP contribution in [0.1, 0.15) is 6.42 Å². The van der Waals surface area contributed by atoms with E-state index in [1.54, 1.807) is 12.1 Å². The van der Waals surface area contributed by atoms with Crippen LogP contribution in [0.2, 0.25) is 0 Å². The Morgan fingerprint density at radius 3 is 2.89 bits per heavy atom. The van der Waals surface area contributed by atoms with Crippen molar-refractivity contribution in [2.45, 2.75) is 12.5 Å². The van der Waals surface area contributed by atoms with Gasteiger partial charge in [-0.1, -0.05) is 0 Å². The first-order chi connectivity index (χ1) is 8.65. The van der Waals surface area contributed by atoms with Gasteiger partial charge in [-0.05, 0) is 18.6 Å². The highest BCUT2D eigenvalue weighted by atomic mass is 16.4. The maximum Gasteiger partial charge on any atom is 0.417 e. The van der Waals surface area contributed by atoms with E-state index >= 15 is 0 Å². The summed E-state index contributed by atoms with van der Waals surface area (Å²) in [5.74, 6) is -0.487. The summed E-state index contributed by atoms with van der Waals surface area (Å²) in [6.07, 6.45) is 0.474. The van der Waals surface area contributed by atoms with Gasteiger partial charge in [-0.25, -0.2) is 4.79 Å². The van der Waals surface area contributed by atoms with Crippen LogP contribution in [0.15, 0.2) is 27.4 Å². The van der Waals surface area contributed by atoms with Gasteiger partial charge in [0, 0.05) is 25.4 Å². The summed E-state index contributed by atoms with van der Waals surface area (Å²) in [4.78, 5) is 15.5. The third-order valence-corrected chi connectivity index (χ3v) is 3.03. The molecule has 1 aromatic carbocycles. The molecule has 0 spiro atoms. The first-order valence-electron chi connectivity index (χ1n) is 5.73. The van der Waals surface area contributed by atoms with Crippen LogP contribution in [0, 0.1) is 0 Å². The minimum Gasteiger partial charge on any atom is -0.408 e. The molecule has 0 bridgehead atoms. The van der Waals surface area contributed by atoms with E-state index < -0.39 is 5.76 Å². The van der Waals surface area contributed by atoms with Crippen LogP contribution in [-0.2, 0) is 0 Å². The van der Waals surface area contributed by atoms with E-state index in [1.165, 1.54) is 0 Å². The Bertz CT molecular complexity index is 575. The number of benzene rings is 1. The Morgan fingerprint density at radius 1 is 1.44 bits per heavy atom. The molecule has 0 amide bonds. The normalized spacial score (nSPS) is 12.8. The Balaban J connectivity index is 2.31.